The van der Waals surface area contributed by atoms with Crippen molar-refractivity contribution in [3.63, 3.8) is 0 Å². The number of rotatable bonds is 6. The van der Waals surface area contributed by atoms with E-state index in [0.717, 1.165) is 39.1 Å². The molecule has 3 fully saturated rings. The maximum absolute atomic E-state index is 12.9. The summed E-state index contributed by atoms with van der Waals surface area (Å²) >= 11 is 0. The summed E-state index contributed by atoms with van der Waals surface area (Å²) in [5.41, 5.74) is 1.10. The van der Waals surface area contributed by atoms with E-state index in [1.807, 2.05) is 19.4 Å². The van der Waals surface area contributed by atoms with E-state index in [9.17, 15) is 13.6 Å². The topological polar surface area (TPSA) is 59.4 Å². The van der Waals surface area contributed by atoms with Crippen LogP contribution in [0, 0.1) is 11.8 Å². The van der Waals surface area contributed by atoms with Crippen LogP contribution in [0.15, 0.2) is 12.4 Å². The lowest BCUT2D eigenvalue weighted by Gasteiger charge is -2.50. The molecule has 3 heterocycles. The molecule has 1 aliphatic carbocycles. The van der Waals surface area contributed by atoms with E-state index in [-0.39, 0.29) is 24.3 Å². The number of aryl methyl sites for hydroxylation is 1. The Bertz CT molecular complexity index is 664. The molecule has 2 saturated heterocycles. The van der Waals surface area contributed by atoms with Crippen molar-refractivity contribution in [2.75, 3.05) is 26.2 Å². The van der Waals surface area contributed by atoms with Gasteiger partial charge in [-0.15, -0.1) is 0 Å². The molecule has 0 radical (unpaired) electrons. The van der Waals surface area contributed by atoms with E-state index >= 15 is 0 Å². The first-order valence-corrected chi connectivity index (χ1v) is 9.35. The lowest BCUT2D eigenvalue weighted by atomic mass is 9.78. The van der Waals surface area contributed by atoms with Crippen molar-refractivity contribution < 1.29 is 18.3 Å². The van der Waals surface area contributed by atoms with Gasteiger partial charge in [-0.1, -0.05) is 0 Å². The van der Waals surface area contributed by atoms with Gasteiger partial charge in [0.05, 0.1) is 11.8 Å². The molecule has 1 amide bonds. The van der Waals surface area contributed by atoms with Crippen molar-refractivity contribution in [3.05, 3.63) is 18.0 Å². The van der Waals surface area contributed by atoms with Crippen molar-refractivity contribution in [1.82, 2.24) is 20.0 Å². The van der Waals surface area contributed by atoms with E-state index < -0.39 is 11.8 Å². The van der Waals surface area contributed by atoms with Crippen molar-refractivity contribution in [2.45, 2.75) is 43.8 Å². The van der Waals surface area contributed by atoms with E-state index in [2.05, 4.69) is 15.3 Å². The Kier molecular flexibility index (Phi) is 4.51. The van der Waals surface area contributed by atoms with Crippen LogP contribution in [0.1, 0.15) is 31.2 Å². The highest BCUT2D eigenvalue weighted by Gasteiger charge is 2.52. The summed E-state index contributed by atoms with van der Waals surface area (Å²) in [6, 6.07) is 0. The van der Waals surface area contributed by atoms with Crippen LogP contribution in [0.4, 0.5) is 8.78 Å². The van der Waals surface area contributed by atoms with Crippen molar-refractivity contribution in [3.8, 4) is 0 Å². The lowest BCUT2D eigenvalue weighted by molar-refractivity contribution is -0.150. The summed E-state index contributed by atoms with van der Waals surface area (Å²) < 4.78 is 33.6. The van der Waals surface area contributed by atoms with E-state index in [4.69, 9.17) is 4.74 Å². The second-order valence-electron chi connectivity index (χ2n) is 8.11. The highest BCUT2D eigenvalue weighted by molar-refractivity contribution is 5.79. The highest BCUT2D eigenvalue weighted by atomic mass is 19.3. The standard InChI is InChI=1S/C18H26F2N4O2/c1-23-9-13(8-22-23)10-24-11-17(12-24)15(3-5-26-17)2-4-21-16(25)14-6-18(19,20)7-14/h8-9,14-15H,2-7,10-12H2,1H3,(H,21,25). The summed E-state index contributed by atoms with van der Waals surface area (Å²) in [7, 11) is 1.91. The van der Waals surface area contributed by atoms with E-state index in [0.29, 0.717) is 12.5 Å². The largest absolute Gasteiger partial charge is 0.372 e. The zero-order valence-electron chi connectivity index (χ0n) is 15.1. The maximum atomic E-state index is 12.9. The molecule has 3 aliphatic rings. The van der Waals surface area contributed by atoms with Gasteiger partial charge in [-0.2, -0.15) is 5.10 Å². The van der Waals surface area contributed by atoms with Crippen LogP contribution in [-0.4, -0.2) is 58.4 Å². The molecule has 8 heteroatoms. The molecule has 1 unspecified atom stereocenters. The van der Waals surface area contributed by atoms with Gasteiger partial charge in [-0.3, -0.25) is 14.4 Å². The molecule has 6 nitrogen and oxygen atoms in total. The highest BCUT2D eigenvalue weighted by Crippen LogP contribution is 2.43. The number of hydrogen-bond donors (Lipinski definition) is 1. The Morgan fingerprint density at radius 2 is 2.19 bits per heavy atom. The first kappa shape index (κ1) is 17.9. The smallest absolute Gasteiger partial charge is 0.249 e. The Balaban J connectivity index is 1.20. The molecule has 1 aromatic heterocycles. The van der Waals surface area contributed by atoms with Crippen LogP contribution in [0.5, 0.6) is 0 Å². The molecule has 26 heavy (non-hydrogen) atoms. The summed E-state index contributed by atoms with van der Waals surface area (Å²) in [5, 5.41) is 7.03. The number of amides is 1. The third kappa shape index (κ3) is 3.49. The number of carbonyl (C=O) groups is 1. The number of ether oxygens (including phenoxy) is 1. The van der Waals surface area contributed by atoms with Gasteiger partial charge in [0.1, 0.15) is 0 Å². The van der Waals surface area contributed by atoms with Gasteiger partial charge in [-0.25, -0.2) is 8.78 Å². The molecule has 0 aromatic carbocycles. The van der Waals surface area contributed by atoms with Crippen LogP contribution in [0.3, 0.4) is 0 Å². The maximum Gasteiger partial charge on any atom is 0.249 e. The summed E-state index contributed by atoms with van der Waals surface area (Å²) in [4.78, 5) is 14.2. The molecule has 0 bridgehead atoms. The minimum absolute atomic E-state index is 0.101. The average Bonchev–Trinajstić information content (AvgIpc) is 3.11. The van der Waals surface area contributed by atoms with Crippen molar-refractivity contribution in [2.24, 2.45) is 18.9 Å². The molecule has 1 saturated carbocycles. The monoisotopic (exact) mass is 368 g/mol. The number of likely N-dealkylation sites (tertiary alicyclic amines) is 1. The molecule has 1 aromatic rings. The number of halogens is 2. The molecule has 1 spiro atoms. The van der Waals surface area contributed by atoms with Gasteiger partial charge in [0.2, 0.25) is 11.8 Å². The zero-order chi connectivity index (χ0) is 18.4. The molecule has 1 N–H and O–H groups in total. The predicted octanol–water partition coefficient (Wildman–Crippen LogP) is 1.56. The minimum Gasteiger partial charge on any atom is -0.372 e. The molecule has 4 rings (SSSR count). The Morgan fingerprint density at radius 3 is 2.85 bits per heavy atom. The molecule has 144 valence electrons. The van der Waals surface area contributed by atoms with Gasteiger partial charge in [-0.05, 0) is 18.8 Å². The third-order valence-corrected chi connectivity index (χ3v) is 6.00. The zero-order valence-corrected chi connectivity index (χ0v) is 15.1. The molecule has 1 atom stereocenters. The molecular formula is C18H26F2N4O2. The fourth-order valence-corrected chi connectivity index (χ4v) is 4.54. The Labute approximate surface area is 151 Å². The normalized spacial score (nSPS) is 27.3. The van der Waals surface area contributed by atoms with Crippen LogP contribution >= 0.6 is 0 Å². The minimum atomic E-state index is -2.64. The molecule has 2 aliphatic heterocycles. The van der Waals surface area contributed by atoms with Gasteiger partial charge in [0, 0.05) is 70.4 Å². The number of nitrogens with zero attached hydrogens (tertiary/aromatic N) is 3. The number of hydrogen-bond acceptors (Lipinski definition) is 4. The fraction of sp³-hybridized carbons (Fsp3) is 0.778. The third-order valence-electron chi connectivity index (χ3n) is 6.00. The van der Waals surface area contributed by atoms with Crippen molar-refractivity contribution >= 4 is 5.91 Å². The van der Waals surface area contributed by atoms with E-state index in [1.165, 1.54) is 5.56 Å². The second-order valence-corrected chi connectivity index (χ2v) is 8.11. The molecular weight excluding hydrogens is 342 g/mol. The second kappa shape index (κ2) is 6.56. The number of alkyl halides is 2. The van der Waals surface area contributed by atoms with Crippen LogP contribution < -0.4 is 5.32 Å². The summed E-state index contributed by atoms with van der Waals surface area (Å²) in [6.45, 7) is 3.97. The quantitative estimate of drug-likeness (QED) is 0.828. The van der Waals surface area contributed by atoms with Gasteiger partial charge in [0.15, 0.2) is 0 Å². The lowest BCUT2D eigenvalue weighted by Crippen LogP contribution is -2.64. The van der Waals surface area contributed by atoms with Gasteiger partial charge in [0.25, 0.3) is 0 Å². The first-order valence-electron chi connectivity index (χ1n) is 9.35. The first-order chi connectivity index (χ1) is 12.4. The SMILES string of the molecule is Cn1cc(CN2CC3(C2)OCCC3CCNC(=O)C2CC(F)(F)C2)cn1. The van der Waals surface area contributed by atoms with Crippen LogP contribution in [-0.2, 0) is 23.1 Å². The van der Waals surface area contributed by atoms with Crippen molar-refractivity contribution in [1.29, 1.82) is 0 Å². The average molecular weight is 368 g/mol. The van der Waals surface area contributed by atoms with Gasteiger partial charge >= 0.3 is 0 Å². The van der Waals surface area contributed by atoms with Gasteiger partial charge < -0.3 is 10.1 Å². The number of nitrogens with one attached hydrogen (secondary N) is 1. The Hall–Kier alpha value is -1.54. The summed E-state index contributed by atoms with van der Waals surface area (Å²) in [6.07, 6.45) is 5.14. The number of carbonyl (C=O) groups excluding carboxylic acids is 1. The number of aromatic nitrogens is 2. The Morgan fingerprint density at radius 1 is 1.42 bits per heavy atom. The fourth-order valence-electron chi connectivity index (χ4n) is 4.54. The van der Waals surface area contributed by atoms with E-state index in [1.54, 1.807) is 4.68 Å². The predicted molar refractivity (Wildman–Crippen MR) is 90.6 cm³/mol. The van der Waals surface area contributed by atoms with Crippen LogP contribution in [0.2, 0.25) is 0 Å². The van der Waals surface area contributed by atoms with Crippen LogP contribution in [0.25, 0.3) is 0 Å². The summed E-state index contributed by atoms with van der Waals surface area (Å²) in [5.74, 6) is -2.97.